The van der Waals surface area contributed by atoms with Crippen molar-refractivity contribution in [1.29, 1.82) is 0 Å². The molecule has 0 aromatic heterocycles. The van der Waals surface area contributed by atoms with Crippen LogP contribution in [-0.4, -0.2) is 56.9 Å². The van der Waals surface area contributed by atoms with Crippen LogP contribution in [0.4, 0.5) is 4.39 Å². The number of hydrogen-bond acceptors (Lipinski definition) is 5. The largest absolute Gasteiger partial charge is 0.493 e. The molecular formula is C32H37FN2O4. The molecule has 2 aliphatic rings. The van der Waals surface area contributed by atoms with Gasteiger partial charge in [0.1, 0.15) is 12.4 Å². The zero-order chi connectivity index (χ0) is 27.2. The van der Waals surface area contributed by atoms with E-state index in [4.69, 9.17) is 14.2 Å². The highest BCUT2D eigenvalue weighted by atomic mass is 19.1. The van der Waals surface area contributed by atoms with E-state index < -0.39 is 0 Å². The molecule has 0 unspecified atom stereocenters. The van der Waals surface area contributed by atoms with Gasteiger partial charge in [-0.05, 0) is 73.2 Å². The molecule has 3 aromatic rings. The SMILES string of the molecule is COCCOc1ccc([C@@H]2CCN(CCc3ccccc3)[C@H](C)[C@H]2COc2ccc3c(c2)C(=O)NC3)cc1F. The molecule has 1 saturated heterocycles. The van der Waals surface area contributed by atoms with Crippen molar-refractivity contribution in [3.8, 4) is 11.5 Å². The molecule has 7 heteroatoms. The Hall–Kier alpha value is -3.42. The zero-order valence-electron chi connectivity index (χ0n) is 22.7. The molecule has 1 fully saturated rings. The summed E-state index contributed by atoms with van der Waals surface area (Å²) in [6.07, 6.45) is 1.88. The van der Waals surface area contributed by atoms with E-state index in [0.717, 1.165) is 37.1 Å². The van der Waals surface area contributed by atoms with Crippen molar-refractivity contribution < 1.29 is 23.4 Å². The quantitative estimate of drug-likeness (QED) is 0.344. The minimum Gasteiger partial charge on any atom is -0.493 e. The molecule has 0 radical (unpaired) electrons. The molecule has 206 valence electrons. The van der Waals surface area contributed by atoms with Crippen LogP contribution in [0.5, 0.6) is 11.5 Å². The summed E-state index contributed by atoms with van der Waals surface area (Å²) in [5.41, 5.74) is 3.95. The first kappa shape index (κ1) is 27.2. The molecule has 0 aliphatic carbocycles. The summed E-state index contributed by atoms with van der Waals surface area (Å²) in [7, 11) is 1.59. The molecule has 0 saturated carbocycles. The van der Waals surface area contributed by atoms with Gasteiger partial charge in [-0.2, -0.15) is 0 Å². The molecule has 39 heavy (non-hydrogen) atoms. The van der Waals surface area contributed by atoms with Gasteiger partial charge in [0.15, 0.2) is 11.6 Å². The molecular weight excluding hydrogens is 495 g/mol. The Kier molecular flexibility index (Phi) is 8.79. The fraction of sp³-hybridized carbons (Fsp3) is 0.406. The van der Waals surface area contributed by atoms with E-state index in [-0.39, 0.29) is 35.4 Å². The van der Waals surface area contributed by atoms with E-state index >= 15 is 4.39 Å². The van der Waals surface area contributed by atoms with Gasteiger partial charge in [0.2, 0.25) is 0 Å². The normalized spacial score (nSPS) is 20.9. The van der Waals surface area contributed by atoms with E-state index in [1.807, 2.05) is 30.3 Å². The van der Waals surface area contributed by atoms with Gasteiger partial charge in [-0.1, -0.05) is 42.5 Å². The molecule has 6 nitrogen and oxygen atoms in total. The Bertz CT molecular complexity index is 1270. The summed E-state index contributed by atoms with van der Waals surface area (Å²) in [6, 6.07) is 21.8. The molecule has 2 heterocycles. The van der Waals surface area contributed by atoms with Crippen molar-refractivity contribution in [2.24, 2.45) is 5.92 Å². The lowest BCUT2D eigenvalue weighted by molar-refractivity contribution is 0.0569. The highest BCUT2D eigenvalue weighted by molar-refractivity contribution is 5.98. The van der Waals surface area contributed by atoms with E-state index in [1.165, 1.54) is 5.56 Å². The lowest BCUT2D eigenvalue weighted by Gasteiger charge is -2.44. The number of ether oxygens (including phenoxy) is 3. The van der Waals surface area contributed by atoms with Crippen molar-refractivity contribution in [1.82, 2.24) is 10.2 Å². The molecule has 1 amide bonds. The number of benzene rings is 3. The van der Waals surface area contributed by atoms with Crippen molar-refractivity contribution in [3.63, 3.8) is 0 Å². The van der Waals surface area contributed by atoms with Crippen LogP contribution in [0.25, 0.3) is 0 Å². The van der Waals surface area contributed by atoms with Crippen LogP contribution in [0.3, 0.4) is 0 Å². The summed E-state index contributed by atoms with van der Waals surface area (Å²) in [5.74, 6) is 0.783. The standard InChI is InChI=1S/C32H37FN2O4/c1-22-29(21-39-26-10-8-25-20-34-32(36)28(25)19-26)27(13-15-35(22)14-12-23-6-4-3-5-7-23)24-9-11-31(30(33)18-24)38-17-16-37-2/h3-11,18-19,22,27,29H,12-17,20-21H2,1-2H3,(H,34,36)/t22-,27+,29-/m1/s1. The number of carbonyl (C=O) groups is 1. The summed E-state index contributed by atoms with van der Waals surface area (Å²) in [5, 5.41) is 2.86. The number of methoxy groups -OCH3 is 1. The second-order valence-electron chi connectivity index (χ2n) is 10.4. The Labute approximate surface area is 230 Å². The molecule has 0 bridgehead atoms. The Balaban J connectivity index is 1.33. The number of nitrogens with one attached hydrogen (secondary N) is 1. The lowest BCUT2D eigenvalue weighted by atomic mass is 9.76. The summed E-state index contributed by atoms with van der Waals surface area (Å²) in [6.45, 7) is 5.88. The number of rotatable bonds is 11. The Morgan fingerprint density at radius 2 is 1.87 bits per heavy atom. The fourth-order valence-corrected chi connectivity index (χ4v) is 5.81. The van der Waals surface area contributed by atoms with Gasteiger partial charge in [0.05, 0.1) is 13.2 Å². The van der Waals surface area contributed by atoms with Crippen LogP contribution in [0.2, 0.25) is 0 Å². The third kappa shape index (κ3) is 6.43. The number of halogens is 1. The van der Waals surface area contributed by atoms with Gasteiger partial charge in [-0.3, -0.25) is 9.69 Å². The minimum atomic E-state index is -0.355. The second kappa shape index (κ2) is 12.6. The minimum absolute atomic E-state index is 0.0604. The van der Waals surface area contributed by atoms with Crippen molar-refractivity contribution in [2.75, 3.05) is 40.0 Å². The van der Waals surface area contributed by atoms with Gasteiger partial charge in [0.25, 0.3) is 5.91 Å². The molecule has 3 atom stereocenters. The van der Waals surface area contributed by atoms with Gasteiger partial charge < -0.3 is 19.5 Å². The molecule has 5 rings (SSSR count). The smallest absolute Gasteiger partial charge is 0.252 e. The van der Waals surface area contributed by atoms with Gasteiger partial charge in [-0.25, -0.2) is 4.39 Å². The highest BCUT2D eigenvalue weighted by Crippen LogP contribution is 2.39. The van der Waals surface area contributed by atoms with Crippen molar-refractivity contribution in [2.45, 2.75) is 38.3 Å². The lowest BCUT2D eigenvalue weighted by Crippen LogP contribution is -2.49. The number of carbonyl (C=O) groups excluding carboxylic acids is 1. The Morgan fingerprint density at radius 1 is 1.03 bits per heavy atom. The number of hydrogen-bond donors (Lipinski definition) is 1. The fourth-order valence-electron chi connectivity index (χ4n) is 5.81. The maximum atomic E-state index is 15.0. The van der Waals surface area contributed by atoms with Gasteiger partial charge in [0, 0.05) is 37.7 Å². The van der Waals surface area contributed by atoms with Crippen LogP contribution in [-0.2, 0) is 17.7 Å². The van der Waals surface area contributed by atoms with Gasteiger partial charge >= 0.3 is 0 Å². The second-order valence-corrected chi connectivity index (χ2v) is 10.4. The molecule has 2 aliphatic heterocycles. The average Bonchev–Trinajstić information content (AvgIpc) is 3.33. The maximum Gasteiger partial charge on any atom is 0.252 e. The van der Waals surface area contributed by atoms with E-state index in [0.29, 0.717) is 37.7 Å². The number of amides is 1. The van der Waals surface area contributed by atoms with Crippen LogP contribution in [0.1, 0.15) is 46.3 Å². The van der Waals surface area contributed by atoms with E-state index in [1.54, 1.807) is 19.2 Å². The monoisotopic (exact) mass is 532 g/mol. The van der Waals surface area contributed by atoms with E-state index in [2.05, 4.69) is 41.4 Å². The topological polar surface area (TPSA) is 60.0 Å². The summed E-state index contributed by atoms with van der Waals surface area (Å²) >= 11 is 0. The Morgan fingerprint density at radius 3 is 2.67 bits per heavy atom. The van der Waals surface area contributed by atoms with Crippen LogP contribution >= 0.6 is 0 Å². The predicted molar refractivity (Wildman–Crippen MR) is 149 cm³/mol. The highest BCUT2D eigenvalue weighted by Gasteiger charge is 2.37. The number of likely N-dealkylation sites (tertiary alicyclic amines) is 1. The predicted octanol–water partition coefficient (Wildman–Crippen LogP) is 5.21. The van der Waals surface area contributed by atoms with Crippen LogP contribution in [0, 0.1) is 11.7 Å². The first-order valence-electron chi connectivity index (χ1n) is 13.8. The summed E-state index contributed by atoms with van der Waals surface area (Å²) in [4.78, 5) is 14.7. The van der Waals surface area contributed by atoms with Crippen LogP contribution < -0.4 is 14.8 Å². The maximum absolute atomic E-state index is 15.0. The third-order valence-electron chi connectivity index (χ3n) is 8.11. The molecule has 1 N–H and O–H groups in total. The molecule has 3 aromatic carbocycles. The number of piperidine rings is 1. The average molecular weight is 533 g/mol. The summed E-state index contributed by atoms with van der Waals surface area (Å²) < 4.78 is 31.9. The first-order valence-corrected chi connectivity index (χ1v) is 13.8. The van der Waals surface area contributed by atoms with E-state index in [9.17, 15) is 4.79 Å². The van der Waals surface area contributed by atoms with Crippen molar-refractivity contribution >= 4 is 5.91 Å². The number of nitrogens with zero attached hydrogens (tertiary/aromatic N) is 1. The van der Waals surface area contributed by atoms with Crippen LogP contribution in [0.15, 0.2) is 66.7 Å². The molecule has 0 spiro atoms. The van der Waals surface area contributed by atoms with Crippen molar-refractivity contribution in [3.05, 3.63) is 94.8 Å². The van der Waals surface area contributed by atoms with Gasteiger partial charge in [-0.15, -0.1) is 0 Å². The number of fused-ring (bicyclic) bond motifs is 1. The zero-order valence-corrected chi connectivity index (χ0v) is 22.7. The third-order valence-corrected chi connectivity index (χ3v) is 8.11. The first-order chi connectivity index (χ1) is 19.0.